The van der Waals surface area contributed by atoms with E-state index in [1.165, 1.54) is 0 Å². The first-order valence-corrected chi connectivity index (χ1v) is 2.93. The van der Waals surface area contributed by atoms with Crippen LogP contribution in [-0.4, -0.2) is 8.42 Å². The van der Waals surface area contributed by atoms with Gasteiger partial charge in [-0.1, -0.05) is 7.77 Å². The molecule has 0 aliphatic heterocycles. The molecular formula is C2F6O2S. The summed E-state index contributed by atoms with van der Waals surface area (Å²) in [6.45, 7) is 0. The van der Waals surface area contributed by atoms with Crippen LogP contribution < -0.4 is 0 Å². The Morgan fingerprint density at radius 3 is 0.909 bits per heavy atom. The van der Waals surface area contributed by atoms with Crippen molar-refractivity contribution in [1.82, 2.24) is 0 Å². The van der Waals surface area contributed by atoms with Gasteiger partial charge in [0.05, 0.1) is 0 Å². The molecule has 0 fully saturated rings. The van der Waals surface area contributed by atoms with E-state index in [1.54, 1.807) is 0 Å². The lowest BCUT2D eigenvalue weighted by Crippen LogP contribution is -1.69. The molecule has 0 aliphatic carbocycles. The maximum atomic E-state index is 10.3. The predicted octanol–water partition coefficient (Wildman–Crippen LogP) is 2.16. The van der Waals surface area contributed by atoms with E-state index >= 15 is 0 Å². The van der Waals surface area contributed by atoms with Crippen molar-refractivity contribution in [2.75, 3.05) is 0 Å². The van der Waals surface area contributed by atoms with Crippen LogP contribution in [-0.2, 0) is 10.6 Å². The Morgan fingerprint density at radius 1 is 0.818 bits per heavy atom. The SMILES string of the molecule is FC(F)=C(F)F.O=S(=O)(F)F. The van der Waals surface area contributed by atoms with E-state index in [1.807, 2.05) is 0 Å². The number of hydrogen-bond acceptors (Lipinski definition) is 2. The van der Waals surface area contributed by atoms with Gasteiger partial charge in [-0.05, 0) is 0 Å². The second-order valence-corrected chi connectivity index (χ2v) is 1.66. The van der Waals surface area contributed by atoms with Gasteiger partial charge in [-0.25, -0.2) is 0 Å². The maximum absolute atomic E-state index is 10.3. The van der Waals surface area contributed by atoms with E-state index in [9.17, 15) is 25.3 Å². The lowest BCUT2D eigenvalue weighted by molar-refractivity contribution is 0.308. The third kappa shape index (κ3) is 45.8. The number of halogens is 6. The van der Waals surface area contributed by atoms with Crippen molar-refractivity contribution in [3.05, 3.63) is 12.2 Å². The minimum Gasteiger partial charge on any atom is -0.167 e. The average Bonchev–Trinajstić information content (AvgIpc) is 1.59. The van der Waals surface area contributed by atoms with Crippen LogP contribution >= 0.6 is 0 Å². The van der Waals surface area contributed by atoms with Crippen LogP contribution in [0.15, 0.2) is 12.2 Å². The first-order chi connectivity index (χ1) is 4.64. The van der Waals surface area contributed by atoms with Crippen LogP contribution in [0.1, 0.15) is 0 Å². The molecule has 11 heavy (non-hydrogen) atoms. The van der Waals surface area contributed by atoms with E-state index in [-0.39, 0.29) is 0 Å². The Morgan fingerprint density at radius 2 is 0.909 bits per heavy atom. The standard InChI is InChI=1S/C2F4.F2O2S/c3-1(4)2(5)6;1-5(2,3)4. The minimum atomic E-state index is -5.67. The summed E-state index contributed by atoms with van der Waals surface area (Å²) in [7, 11) is -5.67. The molecule has 0 atom stereocenters. The highest BCUT2D eigenvalue weighted by molar-refractivity contribution is 7.81. The Balaban J connectivity index is 0. The number of rotatable bonds is 0. The molecule has 0 N–H and O–H groups in total. The lowest BCUT2D eigenvalue weighted by atomic mass is 11.1. The van der Waals surface area contributed by atoms with Crippen molar-refractivity contribution in [3.8, 4) is 0 Å². The summed E-state index contributed by atoms with van der Waals surface area (Å²) in [5, 5.41) is 0. The maximum Gasteiger partial charge on any atom is 0.476 e. The summed E-state index contributed by atoms with van der Waals surface area (Å²) in [4.78, 5) is 0. The van der Waals surface area contributed by atoms with Gasteiger partial charge in [0, 0.05) is 0 Å². The summed E-state index contributed by atoms with van der Waals surface area (Å²) in [6.07, 6.45) is -5.81. The lowest BCUT2D eigenvalue weighted by Gasteiger charge is -1.69. The van der Waals surface area contributed by atoms with Gasteiger partial charge in [0.25, 0.3) is 0 Å². The predicted molar refractivity (Wildman–Crippen MR) is 22.6 cm³/mol. The quantitative estimate of drug-likeness (QED) is 0.445. The summed E-state index contributed by atoms with van der Waals surface area (Å²) >= 11 is 0. The van der Waals surface area contributed by atoms with E-state index in [2.05, 4.69) is 0 Å². The highest BCUT2D eigenvalue weighted by atomic mass is 32.3. The molecule has 2 nitrogen and oxygen atoms in total. The molecule has 0 radical (unpaired) electrons. The summed E-state index contributed by atoms with van der Waals surface area (Å²) < 4.78 is 77.7. The Hall–Kier alpha value is -0.730. The normalized spacial score (nSPS) is 9.64. The fourth-order valence-corrected chi connectivity index (χ4v) is 0. The summed E-state index contributed by atoms with van der Waals surface area (Å²) in [5.74, 6) is 0. The molecule has 0 heterocycles. The molecule has 0 rings (SSSR count). The highest BCUT2D eigenvalue weighted by Gasteiger charge is 1.98. The topological polar surface area (TPSA) is 34.1 Å². The molecule has 0 amide bonds. The van der Waals surface area contributed by atoms with Crippen LogP contribution in [0.2, 0.25) is 0 Å². The van der Waals surface area contributed by atoms with Crippen molar-refractivity contribution in [1.29, 1.82) is 0 Å². The second kappa shape index (κ2) is 4.99. The van der Waals surface area contributed by atoms with Gasteiger partial charge in [-0.15, -0.1) is 0 Å². The van der Waals surface area contributed by atoms with Crippen LogP contribution in [0.3, 0.4) is 0 Å². The van der Waals surface area contributed by atoms with Crippen LogP contribution in [0.4, 0.5) is 25.3 Å². The smallest absolute Gasteiger partial charge is 0.167 e. The molecule has 0 aromatic heterocycles. The molecule has 0 spiro atoms. The fourth-order valence-electron chi connectivity index (χ4n) is 0. The van der Waals surface area contributed by atoms with Crippen molar-refractivity contribution < 1.29 is 33.8 Å². The zero-order valence-corrected chi connectivity index (χ0v) is 5.31. The third-order valence-electron chi connectivity index (χ3n) is 0.143. The molecule has 0 aliphatic rings. The number of hydrogen-bond donors (Lipinski definition) is 0. The Kier molecular flexibility index (Phi) is 5.86. The van der Waals surface area contributed by atoms with Crippen LogP contribution in [0, 0.1) is 0 Å². The van der Waals surface area contributed by atoms with Crippen LogP contribution in [0.5, 0.6) is 0 Å². The largest absolute Gasteiger partial charge is 0.476 e. The van der Waals surface area contributed by atoms with Crippen molar-refractivity contribution in [3.63, 3.8) is 0 Å². The highest BCUT2D eigenvalue weighted by Crippen LogP contribution is 2.08. The van der Waals surface area contributed by atoms with Gasteiger partial charge < -0.3 is 0 Å². The van der Waals surface area contributed by atoms with Gasteiger partial charge in [0.2, 0.25) is 0 Å². The average molecular weight is 202 g/mol. The second-order valence-electron chi connectivity index (χ2n) is 0.899. The first-order valence-electron chi connectivity index (χ1n) is 1.65. The Bertz CT molecular complexity index is 203. The summed E-state index contributed by atoms with van der Waals surface area (Å²) in [6, 6.07) is 0. The Labute approximate surface area is 57.6 Å². The third-order valence-corrected chi connectivity index (χ3v) is 0.143. The molecule has 0 bridgehead atoms. The zero-order valence-electron chi connectivity index (χ0n) is 4.49. The molecule has 68 valence electrons. The molecule has 9 heteroatoms. The van der Waals surface area contributed by atoms with E-state index in [4.69, 9.17) is 8.42 Å². The van der Waals surface area contributed by atoms with Gasteiger partial charge >= 0.3 is 22.8 Å². The molecule has 0 saturated carbocycles. The van der Waals surface area contributed by atoms with Gasteiger partial charge in [-0.2, -0.15) is 26.0 Å². The van der Waals surface area contributed by atoms with Crippen molar-refractivity contribution >= 4 is 10.6 Å². The molecule has 0 aromatic rings. The van der Waals surface area contributed by atoms with Crippen LogP contribution in [0.25, 0.3) is 0 Å². The van der Waals surface area contributed by atoms with Crippen molar-refractivity contribution in [2.45, 2.75) is 0 Å². The molecule has 0 aromatic carbocycles. The summed E-state index contributed by atoms with van der Waals surface area (Å²) in [5.41, 5.74) is 0. The van der Waals surface area contributed by atoms with E-state index in [0.29, 0.717) is 0 Å². The van der Waals surface area contributed by atoms with Gasteiger partial charge in [-0.3, -0.25) is 0 Å². The molecular weight excluding hydrogens is 202 g/mol. The minimum absolute atomic E-state index is 2.91. The first kappa shape index (κ1) is 12.9. The van der Waals surface area contributed by atoms with Gasteiger partial charge in [0.15, 0.2) is 0 Å². The van der Waals surface area contributed by atoms with Gasteiger partial charge in [0.1, 0.15) is 0 Å². The molecule has 0 unspecified atom stereocenters. The monoisotopic (exact) mass is 202 g/mol. The van der Waals surface area contributed by atoms with E-state index in [0.717, 1.165) is 0 Å². The molecule has 0 saturated heterocycles. The van der Waals surface area contributed by atoms with E-state index < -0.39 is 22.8 Å². The van der Waals surface area contributed by atoms with Crippen molar-refractivity contribution in [2.24, 2.45) is 0 Å². The fraction of sp³-hybridized carbons (Fsp3) is 0. The zero-order chi connectivity index (χ0) is 9.65.